The van der Waals surface area contributed by atoms with Gasteiger partial charge in [-0.3, -0.25) is 4.79 Å². The molecule has 1 heterocycles. The molecular weight excluding hydrogens is 359 g/mol. The minimum absolute atomic E-state index is 0.0357. The van der Waals surface area contributed by atoms with Gasteiger partial charge in [0.25, 0.3) is 0 Å². The van der Waals surface area contributed by atoms with E-state index in [0.29, 0.717) is 12.8 Å². The van der Waals surface area contributed by atoms with Crippen molar-refractivity contribution in [3.8, 4) is 0 Å². The predicted octanol–water partition coefficient (Wildman–Crippen LogP) is 4.68. The van der Waals surface area contributed by atoms with E-state index in [1.165, 1.54) is 17.1 Å². The van der Waals surface area contributed by atoms with E-state index < -0.39 is 0 Å². The van der Waals surface area contributed by atoms with Crippen LogP contribution in [-0.4, -0.2) is 16.6 Å². The second-order valence-corrected chi connectivity index (χ2v) is 6.33. The molecule has 1 atom stereocenters. The molecule has 23 heavy (non-hydrogen) atoms. The van der Waals surface area contributed by atoms with E-state index in [2.05, 4.69) is 21.0 Å². The zero-order valence-electron chi connectivity index (χ0n) is 12.7. The summed E-state index contributed by atoms with van der Waals surface area (Å²) in [4.78, 5) is 12.2. The van der Waals surface area contributed by atoms with Crippen molar-refractivity contribution in [3.05, 3.63) is 69.9 Å². The Balaban J connectivity index is 1.93. The number of carbonyl (C=O) groups is 1. The molecule has 0 fully saturated rings. The molecule has 3 nitrogen and oxygen atoms in total. The molecule has 2 aromatic rings. The molecule has 1 aliphatic heterocycles. The molecule has 0 saturated carbocycles. The number of carbonyl (C=O) groups excluding carboxylic acids is 1. The first kappa shape index (κ1) is 15.9. The summed E-state index contributed by atoms with van der Waals surface area (Å²) in [5.41, 5.74) is 2.75. The van der Waals surface area contributed by atoms with Crippen molar-refractivity contribution in [2.75, 3.05) is 0 Å². The number of halogens is 2. The summed E-state index contributed by atoms with van der Waals surface area (Å²) in [6, 6.07) is 14.0. The van der Waals surface area contributed by atoms with E-state index in [9.17, 15) is 9.18 Å². The van der Waals surface area contributed by atoms with E-state index in [1.54, 1.807) is 12.1 Å². The van der Waals surface area contributed by atoms with Gasteiger partial charge in [-0.25, -0.2) is 9.40 Å². The zero-order valence-corrected chi connectivity index (χ0v) is 14.3. The van der Waals surface area contributed by atoms with Gasteiger partial charge in [0.2, 0.25) is 5.91 Å². The Morgan fingerprint density at radius 2 is 1.87 bits per heavy atom. The Hall–Kier alpha value is -2.01. The van der Waals surface area contributed by atoms with E-state index in [-0.39, 0.29) is 17.8 Å². The van der Waals surface area contributed by atoms with Crippen molar-refractivity contribution in [1.82, 2.24) is 5.01 Å². The SMILES string of the molecule is CCC(=O)N1N=C(c2ccc(Br)cc2)C[C@H]1c1ccc(F)cc1. The molecule has 5 heteroatoms. The first-order valence-corrected chi connectivity index (χ1v) is 8.28. The van der Waals surface area contributed by atoms with Gasteiger partial charge in [0, 0.05) is 17.3 Å². The fourth-order valence-electron chi connectivity index (χ4n) is 2.66. The second kappa shape index (κ2) is 6.62. The van der Waals surface area contributed by atoms with Gasteiger partial charge in [0.05, 0.1) is 11.8 Å². The van der Waals surface area contributed by atoms with Crippen molar-refractivity contribution in [2.24, 2.45) is 5.10 Å². The van der Waals surface area contributed by atoms with Gasteiger partial charge >= 0.3 is 0 Å². The van der Waals surface area contributed by atoms with Crippen LogP contribution in [0.2, 0.25) is 0 Å². The highest BCUT2D eigenvalue weighted by Crippen LogP contribution is 2.33. The van der Waals surface area contributed by atoms with Crippen molar-refractivity contribution in [1.29, 1.82) is 0 Å². The predicted molar refractivity (Wildman–Crippen MR) is 91.6 cm³/mol. The van der Waals surface area contributed by atoms with Crippen LogP contribution in [0.4, 0.5) is 4.39 Å². The maximum absolute atomic E-state index is 13.2. The molecule has 0 N–H and O–H groups in total. The number of benzene rings is 2. The topological polar surface area (TPSA) is 32.7 Å². The standard InChI is InChI=1S/C18H16BrFN2O/c1-2-18(23)22-17(13-5-9-15(20)10-6-13)11-16(21-22)12-3-7-14(19)8-4-12/h3-10,17H,2,11H2,1H3/t17-/m0/s1. The second-order valence-electron chi connectivity index (χ2n) is 5.42. The molecule has 0 aliphatic carbocycles. The minimum Gasteiger partial charge on any atom is -0.273 e. The highest BCUT2D eigenvalue weighted by molar-refractivity contribution is 9.10. The fourth-order valence-corrected chi connectivity index (χ4v) is 2.93. The summed E-state index contributed by atoms with van der Waals surface area (Å²) >= 11 is 3.42. The Morgan fingerprint density at radius 1 is 1.22 bits per heavy atom. The van der Waals surface area contributed by atoms with Crippen LogP contribution in [-0.2, 0) is 4.79 Å². The monoisotopic (exact) mass is 374 g/mol. The third-order valence-corrected chi connectivity index (χ3v) is 4.43. The molecule has 1 amide bonds. The van der Waals surface area contributed by atoms with Crippen LogP contribution in [0, 0.1) is 5.82 Å². The average Bonchev–Trinajstić information content (AvgIpc) is 3.00. The van der Waals surface area contributed by atoms with Crippen LogP contribution >= 0.6 is 15.9 Å². The number of hydrogen-bond donors (Lipinski definition) is 0. The molecule has 2 aromatic carbocycles. The number of hydrogen-bond acceptors (Lipinski definition) is 2. The van der Waals surface area contributed by atoms with Crippen LogP contribution in [0.25, 0.3) is 0 Å². The maximum atomic E-state index is 13.2. The van der Waals surface area contributed by atoms with Crippen molar-refractivity contribution in [2.45, 2.75) is 25.8 Å². The lowest BCUT2D eigenvalue weighted by molar-refractivity contribution is -0.132. The van der Waals surface area contributed by atoms with E-state index in [4.69, 9.17) is 0 Å². The summed E-state index contributed by atoms with van der Waals surface area (Å²) in [7, 11) is 0. The molecule has 0 aromatic heterocycles. The Labute approximate surface area is 142 Å². The molecule has 1 aliphatic rings. The summed E-state index contributed by atoms with van der Waals surface area (Å²) in [6.45, 7) is 1.82. The highest BCUT2D eigenvalue weighted by atomic mass is 79.9. The van der Waals surface area contributed by atoms with Gasteiger partial charge in [-0.1, -0.05) is 47.1 Å². The first-order valence-electron chi connectivity index (χ1n) is 7.49. The molecule has 3 rings (SSSR count). The van der Waals surface area contributed by atoms with Crippen LogP contribution in [0.1, 0.15) is 36.9 Å². The number of rotatable bonds is 3. The molecule has 0 bridgehead atoms. The van der Waals surface area contributed by atoms with E-state index >= 15 is 0 Å². The van der Waals surface area contributed by atoms with Gasteiger partial charge in [0.15, 0.2) is 0 Å². The molecule has 0 saturated heterocycles. The highest BCUT2D eigenvalue weighted by Gasteiger charge is 2.32. The quantitative estimate of drug-likeness (QED) is 0.767. The van der Waals surface area contributed by atoms with Gasteiger partial charge in [0.1, 0.15) is 5.82 Å². The molecule has 0 radical (unpaired) electrons. The lowest BCUT2D eigenvalue weighted by Crippen LogP contribution is -2.26. The van der Waals surface area contributed by atoms with Gasteiger partial charge in [-0.15, -0.1) is 0 Å². The van der Waals surface area contributed by atoms with E-state index in [0.717, 1.165) is 21.3 Å². The third kappa shape index (κ3) is 3.34. The zero-order chi connectivity index (χ0) is 16.4. The summed E-state index contributed by atoms with van der Waals surface area (Å²) < 4.78 is 14.2. The summed E-state index contributed by atoms with van der Waals surface area (Å²) in [5, 5.41) is 6.06. The molecule has 0 spiro atoms. The van der Waals surface area contributed by atoms with Crippen molar-refractivity contribution in [3.63, 3.8) is 0 Å². The van der Waals surface area contributed by atoms with Crippen LogP contribution in [0.15, 0.2) is 58.1 Å². The van der Waals surface area contributed by atoms with Gasteiger partial charge in [-0.2, -0.15) is 5.10 Å². The van der Waals surface area contributed by atoms with E-state index in [1.807, 2.05) is 31.2 Å². The number of nitrogens with zero attached hydrogens (tertiary/aromatic N) is 2. The van der Waals surface area contributed by atoms with Crippen LogP contribution < -0.4 is 0 Å². The van der Waals surface area contributed by atoms with Crippen molar-refractivity contribution < 1.29 is 9.18 Å². The van der Waals surface area contributed by atoms with Gasteiger partial charge in [-0.05, 0) is 35.4 Å². The Kier molecular flexibility index (Phi) is 4.57. The minimum atomic E-state index is -0.283. The third-order valence-electron chi connectivity index (χ3n) is 3.90. The maximum Gasteiger partial charge on any atom is 0.242 e. The first-order chi connectivity index (χ1) is 11.1. The van der Waals surface area contributed by atoms with Crippen molar-refractivity contribution >= 4 is 27.5 Å². The van der Waals surface area contributed by atoms with Crippen LogP contribution in [0.3, 0.4) is 0 Å². The number of hydrazone groups is 1. The molecular formula is C18H16BrFN2O. The summed E-state index contributed by atoms with van der Waals surface area (Å²) in [5.74, 6) is -0.319. The smallest absolute Gasteiger partial charge is 0.242 e. The molecule has 0 unspecified atom stereocenters. The fraction of sp³-hybridized carbons (Fsp3) is 0.222. The largest absolute Gasteiger partial charge is 0.273 e. The normalized spacial score (nSPS) is 17.3. The average molecular weight is 375 g/mol. The Morgan fingerprint density at radius 3 is 2.48 bits per heavy atom. The van der Waals surface area contributed by atoms with Crippen LogP contribution in [0.5, 0.6) is 0 Å². The lowest BCUT2D eigenvalue weighted by Gasteiger charge is -2.21. The lowest BCUT2D eigenvalue weighted by atomic mass is 9.98. The van der Waals surface area contributed by atoms with Gasteiger partial charge < -0.3 is 0 Å². The Bertz CT molecular complexity index is 741. The number of amides is 1. The summed E-state index contributed by atoms with van der Waals surface area (Å²) in [6.07, 6.45) is 1.01. The molecule has 118 valence electrons.